The highest BCUT2D eigenvalue weighted by atomic mass is 32.2. The highest BCUT2D eigenvalue weighted by Crippen LogP contribution is 2.48. The van der Waals surface area contributed by atoms with Gasteiger partial charge < -0.3 is 5.11 Å². The number of hydrogen-bond acceptors (Lipinski definition) is 5. The lowest BCUT2D eigenvalue weighted by atomic mass is 9.71. The second-order valence-electron chi connectivity index (χ2n) is 10.2. The van der Waals surface area contributed by atoms with Gasteiger partial charge in [0.1, 0.15) is 10.7 Å². The average molecular weight is 546 g/mol. The number of aromatic nitrogens is 4. The number of nitrogens with zero attached hydrogens (tertiary/aromatic N) is 5. The molecule has 5 aromatic rings. The summed E-state index contributed by atoms with van der Waals surface area (Å²) < 4.78 is 45.3. The number of fused-ring (bicyclic) bond motifs is 1. The molecule has 1 fully saturated rings. The van der Waals surface area contributed by atoms with E-state index in [0.29, 0.717) is 6.42 Å². The second kappa shape index (κ2) is 9.41. The van der Waals surface area contributed by atoms with E-state index in [2.05, 4.69) is 10.2 Å². The zero-order chi connectivity index (χ0) is 27.4. The number of benzene rings is 3. The van der Waals surface area contributed by atoms with Gasteiger partial charge in [-0.05, 0) is 66.4 Å². The highest BCUT2D eigenvalue weighted by molar-refractivity contribution is 7.89. The van der Waals surface area contributed by atoms with E-state index in [1.165, 1.54) is 33.5 Å². The summed E-state index contributed by atoms with van der Waals surface area (Å²) >= 11 is 0. The van der Waals surface area contributed by atoms with Crippen LogP contribution in [0.25, 0.3) is 16.6 Å². The molecule has 6 rings (SSSR count). The van der Waals surface area contributed by atoms with Crippen LogP contribution < -0.4 is 0 Å². The van der Waals surface area contributed by atoms with Crippen LogP contribution in [0.4, 0.5) is 4.39 Å². The van der Waals surface area contributed by atoms with Gasteiger partial charge in [0.2, 0.25) is 10.0 Å². The van der Waals surface area contributed by atoms with Gasteiger partial charge in [-0.15, -0.1) is 0 Å². The Kier molecular flexibility index (Phi) is 6.13. The Bertz CT molecular complexity index is 1770. The smallest absolute Gasteiger partial charge is 0.246 e. The summed E-state index contributed by atoms with van der Waals surface area (Å²) in [5, 5.41) is 21.3. The van der Waals surface area contributed by atoms with Gasteiger partial charge in [-0.3, -0.25) is 4.68 Å². The Hall–Kier alpha value is -3.86. The predicted molar refractivity (Wildman–Crippen MR) is 145 cm³/mol. The molecular weight excluding hydrogens is 517 g/mol. The fourth-order valence-corrected chi connectivity index (χ4v) is 7.23. The largest absolute Gasteiger partial charge is 0.387 e. The lowest BCUT2D eigenvalue weighted by Crippen LogP contribution is -2.39. The molecule has 8 nitrogen and oxygen atoms in total. The van der Waals surface area contributed by atoms with Gasteiger partial charge in [0.15, 0.2) is 0 Å². The molecule has 2 unspecified atom stereocenters. The first-order valence-corrected chi connectivity index (χ1v) is 14.1. The van der Waals surface area contributed by atoms with E-state index in [4.69, 9.17) is 0 Å². The van der Waals surface area contributed by atoms with Crippen molar-refractivity contribution in [3.05, 3.63) is 108 Å². The third-order valence-electron chi connectivity index (χ3n) is 7.75. The van der Waals surface area contributed by atoms with Crippen LogP contribution in [0.1, 0.15) is 29.2 Å². The maximum Gasteiger partial charge on any atom is 0.246 e. The molecule has 3 heterocycles. The maximum atomic E-state index is 13.6. The Morgan fingerprint density at radius 1 is 1.03 bits per heavy atom. The molecule has 1 saturated heterocycles. The minimum atomic E-state index is -3.81. The minimum Gasteiger partial charge on any atom is -0.387 e. The molecule has 2 aromatic heterocycles. The summed E-state index contributed by atoms with van der Waals surface area (Å²) in [7, 11) is -2.13. The molecule has 39 heavy (non-hydrogen) atoms. The third kappa shape index (κ3) is 4.25. The molecule has 10 heteroatoms. The summed E-state index contributed by atoms with van der Waals surface area (Å²) in [6.07, 6.45) is 4.06. The van der Waals surface area contributed by atoms with Gasteiger partial charge in [0, 0.05) is 37.1 Å². The fraction of sp³-hybridized carbons (Fsp3) is 0.241. The number of aliphatic hydroxyl groups is 1. The van der Waals surface area contributed by atoms with Crippen molar-refractivity contribution in [3.8, 4) is 5.69 Å². The van der Waals surface area contributed by atoms with Gasteiger partial charge in [-0.1, -0.05) is 30.3 Å². The van der Waals surface area contributed by atoms with E-state index >= 15 is 0 Å². The van der Waals surface area contributed by atoms with Crippen LogP contribution in [0, 0.1) is 12.7 Å². The molecule has 200 valence electrons. The van der Waals surface area contributed by atoms with Gasteiger partial charge in [-0.2, -0.15) is 14.5 Å². The van der Waals surface area contributed by atoms with Crippen LogP contribution in [-0.2, 0) is 22.5 Å². The van der Waals surface area contributed by atoms with Gasteiger partial charge in [0.25, 0.3) is 0 Å². The molecule has 0 bridgehead atoms. The molecule has 1 N–H and O–H groups in total. The molecule has 3 aromatic carbocycles. The van der Waals surface area contributed by atoms with Crippen molar-refractivity contribution in [1.29, 1.82) is 0 Å². The first kappa shape index (κ1) is 25.4. The maximum absolute atomic E-state index is 13.6. The average Bonchev–Trinajstić information content (AvgIpc) is 3.68. The Labute approximate surface area is 226 Å². The van der Waals surface area contributed by atoms with E-state index in [-0.39, 0.29) is 23.8 Å². The van der Waals surface area contributed by atoms with Crippen molar-refractivity contribution in [3.63, 3.8) is 0 Å². The Balaban J connectivity index is 1.47. The lowest BCUT2D eigenvalue weighted by molar-refractivity contribution is 0.0865. The molecule has 0 amide bonds. The van der Waals surface area contributed by atoms with Crippen molar-refractivity contribution >= 4 is 20.9 Å². The summed E-state index contributed by atoms with van der Waals surface area (Å²) in [6.45, 7) is 2.33. The van der Waals surface area contributed by atoms with Crippen molar-refractivity contribution < 1.29 is 17.9 Å². The number of sulfonamides is 1. The Morgan fingerprint density at radius 2 is 1.77 bits per heavy atom. The highest BCUT2D eigenvalue weighted by Gasteiger charge is 2.50. The van der Waals surface area contributed by atoms with Crippen LogP contribution in [0.3, 0.4) is 0 Å². The van der Waals surface area contributed by atoms with E-state index < -0.39 is 21.5 Å². The van der Waals surface area contributed by atoms with Gasteiger partial charge in [0.05, 0.1) is 29.7 Å². The van der Waals surface area contributed by atoms with Gasteiger partial charge in [-0.25, -0.2) is 17.5 Å². The third-order valence-corrected chi connectivity index (χ3v) is 9.54. The zero-order valence-electron chi connectivity index (χ0n) is 21.6. The monoisotopic (exact) mass is 545 g/mol. The molecule has 0 saturated carbocycles. The first-order valence-electron chi connectivity index (χ1n) is 12.7. The van der Waals surface area contributed by atoms with Crippen molar-refractivity contribution in [1.82, 2.24) is 23.9 Å². The molecule has 1 aliphatic rings. The van der Waals surface area contributed by atoms with E-state index in [9.17, 15) is 17.9 Å². The lowest BCUT2D eigenvalue weighted by Gasteiger charge is -2.36. The normalized spacial score (nSPS) is 19.1. The summed E-state index contributed by atoms with van der Waals surface area (Å²) in [4.78, 5) is 0.128. The SMILES string of the molecule is Cc1cc2c(cnn2-c2ccc(F)cc2)cc1C1(C(O)c2ccccc2)CCN(S(=O)(=O)c2cnn(C)c2)C1. The Morgan fingerprint density at radius 3 is 2.46 bits per heavy atom. The standard InChI is InChI=1S/C29H28FN5O3S/c1-20-14-27-22(16-32-35(27)24-10-8-23(30)9-11-24)15-26(20)29(28(36)21-6-4-3-5-7-21)12-13-34(19-29)39(37,38)25-17-31-33(2)18-25/h3-11,14-18,28,36H,12-13,19H2,1-2H3. The van der Waals surface area contributed by atoms with Crippen LogP contribution in [0.2, 0.25) is 0 Å². The van der Waals surface area contributed by atoms with Crippen LogP contribution >= 0.6 is 0 Å². The van der Waals surface area contributed by atoms with Crippen molar-refractivity contribution in [2.24, 2.45) is 7.05 Å². The van der Waals surface area contributed by atoms with Crippen LogP contribution in [0.15, 0.2) is 90.2 Å². The molecule has 0 radical (unpaired) electrons. The topological polar surface area (TPSA) is 93.2 Å². The molecular formula is C29H28FN5O3S. The number of hydrogen-bond donors (Lipinski definition) is 1. The predicted octanol–water partition coefficient (Wildman–Crippen LogP) is 4.27. The van der Waals surface area contributed by atoms with Crippen LogP contribution in [-0.4, -0.2) is 50.5 Å². The van der Waals surface area contributed by atoms with E-state index in [0.717, 1.165) is 33.3 Å². The fourth-order valence-electron chi connectivity index (χ4n) is 5.73. The second-order valence-corrected chi connectivity index (χ2v) is 12.1. The molecule has 0 aliphatic carbocycles. The van der Waals surface area contributed by atoms with Crippen molar-refractivity contribution in [2.75, 3.05) is 13.1 Å². The number of aliphatic hydroxyl groups excluding tert-OH is 1. The number of rotatable bonds is 6. The summed E-state index contributed by atoms with van der Waals surface area (Å²) in [5.41, 5.74) is 3.17. The van der Waals surface area contributed by atoms with Crippen LogP contribution in [0.5, 0.6) is 0 Å². The van der Waals surface area contributed by atoms with E-state index in [1.807, 2.05) is 49.4 Å². The quantitative estimate of drug-likeness (QED) is 0.344. The number of halogens is 1. The molecule has 1 aliphatic heterocycles. The van der Waals surface area contributed by atoms with E-state index in [1.54, 1.807) is 30.1 Å². The first-order chi connectivity index (χ1) is 18.7. The van der Waals surface area contributed by atoms with Crippen molar-refractivity contribution in [2.45, 2.75) is 29.8 Å². The molecule has 2 atom stereocenters. The number of aryl methyl sites for hydroxylation is 2. The van der Waals surface area contributed by atoms with Gasteiger partial charge >= 0.3 is 0 Å². The minimum absolute atomic E-state index is 0.110. The summed E-state index contributed by atoms with van der Waals surface area (Å²) in [5.74, 6) is -0.322. The summed E-state index contributed by atoms with van der Waals surface area (Å²) in [6, 6.07) is 19.5. The molecule has 0 spiro atoms. The zero-order valence-corrected chi connectivity index (χ0v) is 22.4.